The molecule has 4 nitrogen and oxygen atoms in total. The number of hydrogen-bond acceptors (Lipinski definition) is 4. The van der Waals surface area contributed by atoms with Gasteiger partial charge in [-0.2, -0.15) is 0 Å². The van der Waals surface area contributed by atoms with Gasteiger partial charge in [-0.05, 0) is 37.6 Å². The highest BCUT2D eigenvalue weighted by atomic mass is 16.5. The fourth-order valence-corrected chi connectivity index (χ4v) is 2.17. The van der Waals surface area contributed by atoms with Crippen molar-refractivity contribution in [3.05, 3.63) is 28.8 Å². The molecule has 1 aliphatic heterocycles. The van der Waals surface area contributed by atoms with Gasteiger partial charge in [0.2, 0.25) is 0 Å². The molecule has 0 saturated carbocycles. The van der Waals surface area contributed by atoms with Crippen LogP contribution in [0.1, 0.15) is 28.4 Å². The molecule has 0 amide bonds. The molecule has 2 rings (SSSR count). The van der Waals surface area contributed by atoms with Crippen molar-refractivity contribution in [3.63, 3.8) is 0 Å². The Kier molecular flexibility index (Phi) is 3.64. The van der Waals surface area contributed by atoms with E-state index in [1.54, 1.807) is 13.2 Å². The maximum Gasteiger partial charge on any atom is 0.338 e. The van der Waals surface area contributed by atoms with E-state index in [9.17, 15) is 4.79 Å². The summed E-state index contributed by atoms with van der Waals surface area (Å²) in [5, 5.41) is 3.28. The molecule has 0 spiro atoms. The van der Waals surface area contributed by atoms with Crippen LogP contribution in [0.3, 0.4) is 0 Å². The second kappa shape index (κ2) is 5.19. The molecule has 1 aromatic rings. The minimum Gasteiger partial charge on any atom is -0.496 e. The third-order valence-corrected chi connectivity index (χ3v) is 2.96. The van der Waals surface area contributed by atoms with Gasteiger partial charge in [0.05, 0.1) is 19.3 Å². The lowest BCUT2D eigenvalue weighted by molar-refractivity contribution is 0.0524. The van der Waals surface area contributed by atoms with E-state index in [1.807, 2.05) is 13.0 Å². The van der Waals surface area contributed by atoms with E-state index >= 15 is 0 Å². The van der Waals surface area contributed by atoms with Gasteiger partial charge in [-0.1, -0.05) is 0 Å². The molecule has 0 fully saturated rings. The lowest BCUT2D eigenvalue weighted by atomic mass is 9.94. The van der Waals surface area contributed by atoms with Crippen molar-refractivity contribution >= 4 is 5.97 Å². The normalized spacial score (nSPS) is 14.0. The highest BCUT2D eigenvalue weighted by molar-refractivity contribution is 5.92. The van der Waals surface area contributed by atoms with E-state index in [2.05, 4.69) is 5.32 Å². The molecule has 1 aliphatic rings. The number of nitrogens with one attached hydrogen (secondary N) is 1. The first-order valence-electron chi connectivity index (χ1n) is 5.84. The highest BCUT2D eigenvalue weighted by Gasteiger charge is 2.21. The summed E-state index contributed by atoms with van der Waals surface area (Å²) in [6.45, 7) is 3.84. The van der Waals surface area contributed by atoms with Gasteiger partial charge in [0.25, 0.3) is 0 Å². The minimum atomic E-state index is -0.242. The summed E-state index contributed by atoms with van der Waals surface area (Å²) in [6.07, 6.45) is 0.834. The predicted octanol–water partition coefficient (Wildman–Crippen LogP) is 1.52. The summed E-state index contributed by atoms with van der Waals surface area (Å²) in [4.78, 5) is 11.8. The molecule has 0 aliphatic carbocycles. The molecule has 0 radical (unpaired) electrons. The molecular weight excluding hydrogens is 218 g/mol. The van der Waals surface area contributed by atoms with E-state index in [0.717, 1.165) is 36.4 Å². The van der Waals surface area contributed by atoms with Crippen LogP contribution in [0.5, 0.6) is 5.75 Å². The molecule has 1 aromatic carbocycles. The molecule has 0 atom stereocenters. The van der Waals surface area contributed by atoms with Gasteiger partial charge in [-0.25, -0.2) is 4.79 Å². The topological polar surface area (TPSA) is 47.6 Å². The zero-order valence-electron chi connectivity index (χ0n) is 10.2. The first-order valence-corrected chi connectivity index (χ1v) is 5.84. The van der Waals surface area contributed by atoms with Crippen LogP contribution < -0.4 is 10.1 Å². The van der Waals surface area contributed by atoms with Crippen molar-refractivity contribution in [1.29, 1.82) is 0 Å². The van der Waals surface area contributed by atoms with Crippen LogP contribution in [0.25, 0.3) is 0 Å². The van der Waals surface area contributed by atoms with E-state index in [1.165, 1.54) is 0 Å². The maximum absolute atomic E-state index is 11.8. The van der Waals surface area contributed by atoms with Gasteiger partial charge in [-0.3, -0.25) is 0 Å². The Morgan fingerprint density at radius 3 is 2.94 bits per heavy atom. The van der Waals surface area contributed by atoms with Crippen LogP contribution in [0.2, 0.25) is 0 Å². The van der Waals surface area contributed by atoms with Crippen molar-refractivity contribution < 1.29 is 14.3 Å². The van der Waals surface area contributed by atoms with Crippen LogP contribution in [0.4, 0.5) is 0 Å². The summed E-state index contributed by atoms with van der Waals surface area (Å²) < 4.78 is 10.4. The molecule has 0 saturated heterocycles. The number of benzene rings is 1. The van der Waals surface area contributed by atoms with E-state index in [-0.39, 0.29) is 5.97 Å². The number of rotatable bonds is 3. The molecule has 0 bridgehead atoms. The smallest absolute Gasteiger partial charge is 0.338 e. The average Bonchev–Trinajstić information content (AvgIpc) is 2.37. The molecule has 4 heteroatoms. The number of esters is 1. The number of ether oxygens (including phenoxy) is 2. The van der Waals surface area contributed by atoms with Gasteiger partial charge < -0.3 is 14.8 Å². The van der Waals surface area contributed by atoms with Crippen LogP contribution >= 0.6 is 0 Å². The Morgan fingerprint density at radius 2 is 2.24 bits per heavy atom. The minimum absolute atomic E-state index is 0.242. The van der Waals surface area contributed by atoms with Crippen molar-refractivity contribution in [2.24, 2.45) is 0 Å². The number of fused-ring (bicyclic) bond motifs is 1. The molecule has 0 aromatic heterocycles. The van der Waals surface area contributed by atoms with Crippen molar-refractivity contribution in [2.45, 2.75) is 19.9 Å². The van der Waals surface area contributed by atoms with E-state index < -0.39 is 0 Å². The lowest BCUT2D eigenvalue weighted by Gasteiger charge is -2.22. The quantitative estimate of drug-likeness (QED) is 0.807. The van der Waals surface area contributed by atoms with Gasteiger partial charge in [0, 0.05) is 12.1 Å². The third kappa shape index (κ3) is 2.26. The Hall–Kier alpha value is -1.55. The Labute approximate surface area is 101 Å². The van der Waals surface area contributed by atoms with Gasteiger partial charge in [0.1, 0.15) is 5.75 Å². The molecule has 17 heavy (non-hydrogen) atoms. The standard InChI is InChI=1S/C13H17NO3/c1-3-17-13(15)10-4-5-12(16-2)11-8-14-7-6-9(10)11/h4-5,14H,3,6-8H2,1-2H3. The first-order chi connectivity index (χ1) is 8.27. The number of carbonyl (C=O) groups is 1. The second-order valence-electron chi connectivity index (χ2n) is 3.92. The van der Waals surface area contributed by atoms with Crippen LogP contribution in [-0.4, -0.2) is 26.2 Å². The molecule has 1 N–H and O–H groups in total. The Balaban J connectivity index is 2.43. The fraction of sp³-hybridized carbons (Fsp3) is 0.462. The Morgan fingerprint density at radius 1 is 1.41 bits per heavy atom. The Bertz CT molecular complexity index is 429. The zero-order chi connectivity index (χ0) is 12.3. The van der Waals surface area contributed by atoms with E-state index in [4.69, 9.17) is 9.47 Å². The first kappa shape index (κ1) is 11.9. The third-order valence-electron chi connectivity index (χ3n) is 2.96. The molecule has 0 unspecified atom stereocenters. The summed E-state index contributed by atoms with van der Waals surface area (Å²) in [7, 11) is 1.65. The summed E-state index contributed by atoms with van der Waals surface area (Å²) in [6, 6.07) is 3.62. The average molecular weight is 235 g/mol. The molecule has 1 heterocycles. The monoisotopic (exact) mass is 235 g/mol. The molecular formula is C13H17NO3. The summed E-state index contributed by atoms with van der Waals surface area (Å²) in [5.41, 5.74) is 2.80. The van der Waals surface area contributed by atoms with Gasteiger partial charge in [0.15, 0.2) is 0 Å². The SMILES string of the molecule is CCOC(=O)c1ccc(OC)c2c1CCNC2. The van der Waals surface area contributed by atoms with Crippen LogP contribution in [0, 0.1) is 0 Å². The maximum atomic E-state index is 11.8. The van der Waals surface area contributed by atoms with Gasteiger partial charge in [-0.15, -0.1) is 0 Å². The highest BCUT2D eigenvalue weighted by Crippen LogP contribution is 2.28. The van der Waals surface area contributed by atoms with Crippen molar-refractivity contribution in [1.82, 2.24) is 5.32 Å². The lowest BCUT2D eigenvalue weighted by Crippen LogP contribution is -2.26. The van der Waals surface area contributed by atoms with Crippen LogP contribution in [-0.2, 0) is 17.7 Å². The largest absolute Gasteiger partial charge is 0.496 e. The predicted molar refractivity (Wildman–Crippen MR) is 64.4 cm³/mol. The fourth-order valence-electron chi connectivity index (χ4n) is 2.17. The van der Waals surface area contributed by atoms with Crippen molar-refractivity contribution in [2.75, 3.05) is 20.3 Å². The molecule has 92 valence electrons. The summed E-state index contributed by atoms with van der Waals surface area (Å²) in [5.74, 6) is 0.591. The van der Waals surface area contributed by atoms with E-state index in [0.29, 0.717) is 12.2 Å². The number of methoxy groups -OCH3 is 1. The zero-order valence-corrected chi connectivity index (χ0v) is 10.2. The number of carbonyl (C=O) groups excluding carboxylic acids is 1. The van der Waals surface area contributed by atoms with Crippen LogP contribution in [0.15, 0.2) is 12.1 Å². The number of hydrogen-bond donors (Lipinski definition) is 1. The van der Waals surface area contributed by atoms with Gasteiger partial charge >= 0.3 is 5.97 Å². The summed E-state index contributed by atoms with van der Waals surface area (Å²) >= 11 is 0. The van der Waals surface area contributed by atoms with Crippen molar-refractivity contribution in [3.8, 4) is 5.75 Å². The second-order valence-corrected chi connectivity index (χ2v) is 3.92.